The molecule has 1 unspecified atom stereocenters. The van der Waals surface area contributed by atoms with Crippen LogP contribution in [0, 0.1) is 17.9 Å². The van der Waals surface area contributed by atoms with Crippen LogP contribution in [0.4, 0.5) is 21.5 Å². The van der Waals surface area contributed by atoms with Crippen LogP contribution in [-0.4, -0.2) is 13.1 Å². The molecule has 4 nitrogen and oxygen atoms in total. The van der Waals surface area contributed by atoms with Crippen molar-refractivity contribution in [2.45, 2.75) is 97.4 Å². The van der Waals surface area contributed by atoms with E-state index in [1.54, 1.807) is 6.07 Å². The van der Waals surface area contributed by atoms with Gasteiger partial charge in [-0.3, -0.25) is 4.39 Å². The Kier molecular flexibility index (Phi) is 12.3. The minimum absolute atomic E-state index is 0. The molecule has 0 radical (unpaired) electrons. The van der Waals surface area contributed by atoms with E-state index in [-0.39, 0.29) is 37.5 Å². The minimum atomic E-state index is -1.57. The molecule has 0 bridgehead atoms. The van der Waals surface area contributed by atoms with Gasteiger partial charge in [0, 0.05) is 41.3 Å². The third-order valence-corrected chi connectivity index (χ3v) is 15.4. The molecule has 11 rings (SSSR count). The normalized spacial score (nSPS) is 15.0. The summed E-state index contributed by atoms with van der Waals surface area (Å²) in [5.74, 6) is -0.994. The molecule has 338 valence electrons. The van der Waals surface area contributed by atoms with Crippen molar-refractivity contribution in [3.05, 3.63) is 191 Å². The third-order valence-electron chi connectivity index (χ3n) is 13.4. The topological polar surface area (TPSA) is 43.4 Å². The molecule has 2 aliphatic rings. The van der Waals surface area contributed by atoms with Crippen LogP contribution in [0.15, 0.2) is 144 Å². The average Bonchev–Trinajstić information content (AvgIpc) is 3.91. The first-order chi connectivity index (χ1) is 32.0. The summed E-state index contributed by atoms with van der Waals surface area (Å²) in [6.45, 7) is 17.4. The number of hydrogen-bond acceptors (Lipinski definition) is 3. The standard InChI is InChI=1S/C43H36N2O.C17H21FNSi.Ir/c1-43(2,3)30-22-25-37(36(26-30)27-12-5-4-6-13-27)45-38-24-21-28-14-7-9-16-31(28)39(38)44-42(45)35-19-11-18-33-34-23-20-29-15-8-10-17-32(29)40(34)46-41(33)35;1-12(2)15-10-16(13-6-8-14(18)9-7-13)19-11-17(15)20(3,4)5;/h4-7,9,11-14,16,18,20-26,42H,8,10,15,17H2,1-3H3;6,8-12H,1-5H3;/q-2;-1;+3/i;12D;. The molecule has 0 spiro atoms. The number of hydrogen-bond donors (Lipinski definition) is 0. The summed E-state index contributed by atoms with van der Waals surface area (Å²) in [7, 11) is -1.57. The van der Waals surface area contributed by atoms with Crippen molar-refractivity contribution in [2.75, 3.05) is 4.90 Å². The van der Waals surface area contributed by atoms with Gasteiger partial charge in [0.15, 0.2) is 0 Å². The number of pyridine rings is 1. The summed E-state index contributed by atoms with van der Waals surface area (Å²) < 4.78 is 28.4. The van der Waals surface area contributed by atoms with E-state index in [1.165, 1.54) is 68.8 Å². The molecule has 0 saturated heterocycles. The summed E-state index contributed by atoms with van der Waals surface area (Å²) in [5, 5.41) is 11.4. The van der Waals surface area contributed by atoms with Crippen molar-refractivity contribution < 1.29 is 30.3 Å². The van der Waals surface area contributed by atoms with Crippen LogP contribution in [0.5, 0.6) is 0 Å². The first-order valence-corrected chi connectivity index (χ1v) is 26.8. The van der Waals surface area contributed by atoms with E-state index in [2.05, 4.69) is 172 Å². The SMILES string of the molecule is CC(C)(C)c1ccc(N2c3ccc4ccccc4c3[N-]C2c2[c-]ccc3c2oc2c4c(ccc23)CCCC4)c(-c2ccccc2)c1.[2H]C(C)(C)c1cc(-c2[c-]cc(F)cc2)ncc1[Si](C)(C)C.[Ir+3]. The predicted molar refractivity (Wildman–Crippen MR) is 277 cm³/mol. The molecular formula is C60H57FIrN3OSi. The number of aryl methyl sites for hydroxylation is 2. The monoisotopic (exact) mass is 1080 g/mol. The van der Waals surface area contributed by atoms with Gasteiger partial charge in [-0.1, -0.05) is 150 Å². The van der Waals surface area contributed by atoms with Gasteiger partial charge in [-0.05, 0) is 105 Å². The average molecular weight is 1080 g/mol. The molecule has 1 aliphatic carbocycles. The van der Waals surface area contributed by atoms with Gasteiger partial charge in [-0.15, -0.1) is 41.1 Å². The molecule has 0 saturated carbocycles. The van der Waals surface area contributed by atoms with Gasteiger partial charge in [0.05, 0.1) is 8.07 Å². The largest absolute Gasteiger partial charge is 3.00 e. The van der Waals surface area contributed by atoms with Crippen molar-refractivity contribution in [1.82, 2.24) is 4.98 Å². The Balaban J connectivity index is 0.000000222. The van der Waals surface area contributed by atoms with E-state index >= 15 is 0 Å². The fourth-order valence-electron chi connectivity index (χ4n) is 9.82. The Hall–Kier alpha value is -5.85. The molecule has 67 heavy (non-hydrogen) atoms. The van der Waals surface area contributed by atoms with Crippen molar-refractivity contribution in [1.29, 1.82) is 0 Å². The molecule has 0 fully saturated rings. The molecular weight excluding hydrogens is 1020 g/mol. The van der Waals surface area contributed by atoms with E-state index in [9.17, 15) is 4.39 Å². The molecule has 9 aromatic rings. The van der Waals surface area contributed by atoms with E-state index < -0.39 is 14.0 Å². The number of aromatic nitrogens is 1. The molecule has 1 aliphatic heterocycles. The summed E-state index contributed by atoms with van der Waals surface area (Å²) in [5.41, 5.74) is 15.2. The Morgan fingerprint density at radius 3 is 2.30 bits per heavy atom. The molecule has 0 N–H and O–H groups in total. The minimum Gasteiger partial charge on any atom is -0.660 e. The van der Waals surface area contributed by atoms with Crippen LogP contribution in [0.1, 0.15) is 88.7 Å². The number of nitrogens with zero attached hydrogens (tertiary/aromatic N) is 3. The maximum atomic E-state index is 13.0. The smallest absolute Gasteiger partial charge is 0.660 e. The maximum absolute atomic E-state index is 13.0. The van der Waals surface area contributed by atoms with Gasteiger partial charge < -0.3 is 19.6 Å². The van der Waals surface area contributed by atoms with Crippen molar-refractivity contribution >= 4 is 63.0 Å². The van der Waals surface area contributed by atoms with Gasteiger partial charge in [-0.25, -0.2) is 0 Å². The molecule has 1 atom stereocenters. The summed E-state index contributed by atoms with van der Waals surface area (Å²) in [4.78, 5) is 6.94. The van der Waals surface area contributed by atoms with Gasteiger partial charge in [0.1, 0.15) is 5.58 Å². The second-order valence-electron chi connectivity index (χ2n) is 20.2. The zero-order valence-corrected chi connectivity index (χ0v) is 43.0. The Bertz CT molecular complexity index is 3310. The summed E-state index contributed by atoms with van der Waals surface area (Å²) >= 11 is 0. The van der Waals surface area contributed by atoms with Crippen molar-refractivity contribution in [3.8, 4) is 22.4 Å². The van der Waals surface area contributed by atoms with Crippen LogP contribution in [0.25, 0.3) is 60.4 Å². The molecule has 0 amide bonds. The zero-order valence-electron chi connectivity index (χ0n) is 40.6. The summed E-state index contributed by atoms with van der Waals surface area (Å²) in [6.07, 6.45) is 6.21. The van der Waals surface area contributed by atoms with E-state index in [0.717, 1.165) is 74.2 Å². The number of rotatable bonds is 6. The fraction of sp³-hybridized carbons (Fsp3) is 0.250. The second-order valence-corrected chi connectivity index (χ2v) is 25.2. The number of anilines is 2. The molecule has 7 heteroatoms. The van der Waals surface area contributed by atoms with Gasteiger partial charge in [0.25, 0.3) is 0 Å². The maximum Gasteiger partial charge on any atom is 3.00 e. The van der Waals surface area contributed by atoms with Crippen LogP contribution >= 0.6 is 0 Å². The Morgan fingerprint density at radius 2 is 1.55 bits per heavy atom. The van der Waals surface area contributed by atoms with Crippen LogP contribution in [0.3, 0.4) is 0 Å². The van der Waals surface area contributed by atoms with Crippen molar-refractivity contribution in [3.63, 3.8) is 0 Å². The fourth-order valence-corrected chi connectivity index (χ4v) is 11.4. The van der Waals surface area contributed by atoms with Gasteiger partial charge >= 0.3 is 20.1 Å². The number of halogens is 1. The number of benzene rings is 7. The first kappa shape index (κ1) is 45.0. The predicted octanol–water partition coefficient (Wildman–Crippen LogP) is 16.6. The zero-order chi connectivity index (χ0) is 46.8. The van der Waals surface area contributed by atoms with Crippen molar-refractivity contribution in [2.24, 2.45) is 0 Å². The first-order valence-electron chi connectivity index (χ1n) is 23.8. The van der Waals surface area contributed by atoms with Crippen LogP contribution in [-0.2, 0) is 38.4 Å². The van der Waals surface area contributed by atoms with E-state index in [0.29, 0.717) is 0 Å². The van der Waals surface area contributed by atoms with Crippen LogP contribution < -0.4 is 10.1 Å². The van der Waals surface area contributed by atoms with E-state index in [1.807, 2.05) is 26.1 Å². The van der Waals surface area contributed by atoms with Gasteiger partial charge in [0.2, 0.25) is 0 Å². The Morgan fingerprint density at radius 1 is 0.806 bits per heavy atom. The molecule has 3 heterocycles. The third kappa shape index (κ3) is 8.78. The van der Waals surface area contributed by atoms with Gasteiger partial charge in [-0.2, -0.15) is 18.2 Å². The number of fused-ring (bicyclic) bond motifs is 8. The van der Waals surface area contributed by atoms with E-state index in [4.69, 9.17) is 11.1 Å². The number of furan rings is 1. The Labute approximate surface area is 411 Å². The molecule has 7 aromatic carbocycles. The second kappa shape index (κ2) is 18.3. The quantitative estimate of drug-likeness (QED) is 0.123. The molecule has 2 aromatic heterocycles. The van der Waals surface area contributed by atoms with Crippen LogP contribution in [0.2, 0.25) is 19.6 Å². The summed E-state index contributed by atoms with van der Waals surface area (Å²) in [6, 6.07) is 52.5.